The highest BCUT2D eigenvalue weighted by Crippen LogP contribution is 2.43. The van der Waals surface area contributed by atoms with E-state index in [-0.39, 0.29) is 52.4 Å². The Kier molecular flexibility index (Phi) is 5.25. The van der Waals surface area contributed by atoms with Crippen LogP contribution >= 0.6 is 27.5 Å². The molecule has 0 radical (unpaired) electrons. The Hall–Kier alpha value is -2.55. The van der Waals surface area contributed by atoms with Crippen LogP contribution in [0.1, 0.15) is 33.3 Å². The second-order valence-electron chi connectivity index (χ2n) is 6.95. The maximum absolute atomic E-state index is 13.4. The number of nitrogens with zero attached hydrogens (tertiary/aromatic N) is 1. The number of hydrogen-bond acceptors (Lipinski definition) is 6. The summed E-state index contributed by atoms with van der Waals surface area (Å²) in [5.41, 5.74) is 1.27. The van der Waals surface area contributed by atoms with E-state index in [1.54, 1.807) is 25.1 Å². The van der Waals surface area contributed by atoms with Crippen LogP contribution in [0.25, 0.3) is 11.0 Å². The van der Waals surface area contributed by atoms with Gasteiger partial charge in [-0.3, -0.25) is 9.59 Å². The Morgan fingerprint density at radius 1 is 1.27 bits per heavy atom. The van der Waals surface area contributed by atoms with Crippen molar-refractivity contribution >= 4 is 44.4 Å². The monoisotopic (exact) mass is 493 g/mol. The number of aryl methyl sites for hydroxylation is 1. The molecule has 1 aromatic heterocycles. The summed E-state index contributed by atoms with van der Waals surface area (Å²) in [4.78, 5) is 27.9. The lowest BCUT2D eigenvalue weighted by molar-refractivity contribution is 0.0691. The number of fused-ring (bicyclic) bond motifs is 2. The fourth-order valence-electron chi connectivity index (χ4n) is 3.73. The van der Waals surface area contributed by atoms with Crippen molar-refractivity contribution in [1.29, 1.82) is 0 Å². The summed E-state index contributed by atoms with van der Waals surface area (Å²) in [6.45, 7) is 1.47. The first-order valence-electron chi connectivity index (χ1n) is 9.03. The second-order valence-corrected chi connectivity index (χ2v) is 8.21. The number of β-amino-alcohol motifs (C(OH)–C–C–N with tert-alkyl or cyclic N) is 1. The molecule has 2 aromatic carbocycles. The highest BCUT2D eigenvalue weighted by Gasteiger charge is 2.43. The molecular formula is C21H17BrClNO6. The van der Waals surface area contributed by atoms with Gasteiger partial charge < -0.3 is 24.3 Å². The molecule has 0 saturated carbocycles. The van der Waals surface area contributed by atoms with E-state index in [1.165, 1.54) is 18.1 Å². The van der Waals surface area contributed by atoms with Crippen LogP contribution in [0.4, 0.5) is 0 Å². The third kappa shape index (κ3) is 3.07. The van der Waals surface area contributed by atoms with Crippen molar-refractivity contribution in [1.82, 2.24) is 4.90 Å². The Bertz CT molecular complexity index is 1250. The van der Waals surface area contributed by atoms with Gasteiger partial charge in [-0.25, -0.2) is 0 Å². The number of aromatic hydroxyl groups is 1. The number of halogens is 2. The van der Waals surface area contributed by atoms with Crippen LogP contribution in [0.15, 0.2) is 37.9 Å². The molecule has 0 bridgehead atoms. The van der Waals surface area contributed by atoms with E-state index in [2.05, 4.69) is 15.9 Å². The highest BCUT2D eigenvalue weighted by molar-refractivity contribution is 9.10. The van der Waals surface area contributed by atoms with Crippen LogP contribution < -0.4 is 10.2 Å². The molecule has 0 unspecified atom stereocenters. The van der Waals surface area contributed by atoms with E-state index < -0.39 is 11.9 Å². The van der Waals surface area contributed by atoms with Crippen molar-refractivity contribution in [2.75, 3.05) is 20.3 Å². The maximum Gasteiger partial charge on any atom is 0.290 e. The van der Waals surface area contributed by atoms with Crippen molar-refractivity contribution in [3.8, 4) is 11.5 Å². The second kappa shape index (κ2) is 7.61. The summed E-state index contributed by atoms with van der Waals surface area (Å²) in [6.07, 6.45) is 0. The fraction of sp³-hybridized carbons (Fsp3) is 0.238. The number of hydrogen-bond donors (Lipinski definition) is 2. The molecule has 0 spiro atoms. The van der Waals surface area contributed by atoms with Crippen LogP contribution in [0.3, 0.4) is 0 Å². The number of benzene rings is 2. The number of rotatable bonds is 4. The average Bonchev–Trinajstić information content (AvgIpc) is 2.98. The van der Waals surface area contributed by atoms with E-state index in [0.717, 1.165) is 0 Å². The summed E-state index contributed by atoms with van der Waals surface area (Å²) < 4.78 is 11.4. The molecule has 2 heterocycles. The van der Waals surface area contributed by atoms with Crippen molar-refractivity contribution in [3.63, 3.8) is 0 Å². The number of carbonyl (C=O) groups excluding carboxylic acids is 1. The van der Waals surface area contributed by atoms with Crippen molar-refractivity contribution in [3.05, 3.63) is 66.4 Å². The molecule has 1 aliphatic heterocycles. The lowest BCUT2D eigenvalue weighted by Crippen LogP contribution is -2.32. The van der Waals surface area contributed by atoms with E-state index in [9.17, 15) is 19.8 Å². The largest absolute Gasteiger partial charge is 0.503 e. The molecule has 1 amide bonds. The van der Waals surface area contributed by atoms with Gasteiger partial charge in [0.25, 0.3) is 5.91 Å². The summed E-state index contributed by atoms with van der Waals surface area (Å²) >= 11 is 9.48. The molecular weight excluding hydrogens is 478 g/mol. The van der Waals surface area contributed by atoms with Crippen LogP contribution in [0.5, 0.6) is 11.5 Å². The van der Waals surface area contributed by atoms with Gasteiger partial charge in [-0.2, -0.15) is 0 Å². The first-order valence-corrected chi connectivity index (χ1v) is 10.2. The molecule has 0 aliphatic carbocycles. The van der Waals surface area contributed by atoms with Gasteiger partial charge in [0.2, 0.25) is 5.76 Å². The number of aliphatic hydroxyl groups is 1. The SMILES string of the molecule is COc1cc([C@H]2c3c(oc4cc(C)c(Cl)cc4c3=O)C(=O)N2CCO)cc(Br)c1O. The Morgan fingerprint density at radius 3 is 2.67 bits per heavy atom. The molecule has 156 valence electrons. The van der Waals surface area contributed by atoms with E-state index in [1.807, 2.05) is 0 Å². The first kappa shape index (κ1) is 20.7. The lowest BCUT2D eigenvalue weighted by Gasteiger charge is -2.25. The van der Waals surface area contributed by atoms with Crippen molar-refractivity contribution in [2.24, 2.45) is 0 Å². The van der Waals surface area contributed by atoms with E-state index in [4.69, 9.17) is 20.8 Å². The van der Waals surface area contributed by atoms with Gasteiger partial charge in [-0.1, -0.05) is 11.6 Å². The maximum atomic E-state index is 13.4. The predicted molar refractivity (Wildman–Crippen MR) is 115 cm³/mol. The van der Waals surface area contributed by atoms with Crippen molar-refractivity contribution in [2.45, 2.75) is 13.0 Å². The molecule has 9 heteroatoms. The molecule has 30 heavy (non-hydrogen) atoms. The summed E-state index contributed by atoms with van der Waals surface area (Å²) in [5, 5.41) is 20.3. The van der Waals surface area contributed by atoms with Gasteiger partial charge in [0, 0.05) is 11.6 Å². The van der Waals surface area contributed by atoms with Gasteiger partial charge in [-0.05, 0) is 58.2 Å². The number of amides is 1. The Balaban J connectivity index is 2.04. The van der Waals surface area contributed by atoms with Gasteiger partial charge in [-0.15, -0.1) is 0 Å². The smallest absolute Gasteiger partial charge is 0.290 e. The minimum absolute atomic E-state index is 0.00984. The third-order valence-corrected chi connectivity index (χ3v) is 6.19. The third-order valence-electron chi connectivity index (χ3n) is 5.17. The number of methoxy groups -OCH3 is 1. The van der Waals surface area contributed by atoms with E-state index >= 15 is 0 Å². The zero-order valence-electron chi connectivity index (χ0n) is 16.0. The number of ether oxygens (including phenoxy) is 1. The molecule has 7 nitrogen and oxygen atoms in total. The van der Waals surface area contributed by atoms with Crippen molar-refractivity contribution < 1.29 is 24.2 Å². The molecule has 3 aromatic rings. The fourth-order valence-corrected chi connectivity index (χ4v) is 4.36. The molecule has 0 saturated heterocycles. The summed E-state index contributed by atoms with van der Waals surface area (Å²) in [6, 6.07) is 5.47. The number of carbonyl (C=O) groups is 1. The zero-order valence-corrected chi connectivity index (χ0v) is 18.4. The molecule has 0 fully saturated rings. The van der Waals surface area contributed by atoms with Crippen LogP contribution in [-0.2, 0) is 0 Å². The average molecular weight is 495 g/mol. The first-order chi connectivity index (χ1) is 14.3. The molecule has 2 N–H and O–H groups in total. The number of phenolic OH excluding ortho intramolecular Hbond substituents is 1. The summed E-state index contributed by atoms with van der Waals surface area (Å²) in [5.74, 6) is -0.505. The molecule has 1 aliphatic rings. The van der Waals surface area contributed by atoms with Crippen LogP contribution in [0.2, 0.25) is 5.02 Å². The van der Waals surface area contributed by atoms with Gasteiger partial charge in [0.05, 0.1) is 35.2 Å². The van der Waals surface area contributed by atoms with Crippen LogP contribution in [-0.4, -0.2) is 41.3 Å². The normalized spacial score (nSPS) is 15.7. The summed E-state index contributed by atoms with van der Waals surface area (Å²) in [7, 11) is 1.40. The standard InChI is InChI=1S/C21H17BrClNO6/c1-9-5-14-11(8-13(9)23)18(26)16-17(24(3-4-25)21(28)20(16)30-14)10-6-12(22)19(27)15(7-10)29-2/h5-8,17,25,27H,3-4H2,1-2H3/t17-/m0/s1. The van der Waals surface area contributed by atoms with Gasteiger partial charge >= 0.3 is 0 Å². The van der Waals surface area contributed by atoms with Gasteiger partial charge in [0.15, 0.2) is 16.9 Å². The minimum atomic E-state index is -0.828. The molecule has 4 rings (SSSR count). The highest BCUT2D eigenvalue weighted by atomic mass is 79.9. The number of aliphatic hydroxyl groups excluding tert-OH is 1. The van der Waals surface area contributed by atoms with Crippen LogP contribution in [0, 0.1) is 6.92 Å². The predicted octanol–water partition coefficient (Wildman–Crippen LogP) is 3.77. The lowest BCUT2D eigenvalue weighted by atomic mass is 9.98. The van der Waals surface area contributed by atoms with Gasteiger partial charge in [0.1, 0.15) is 5.58 Å². The van der Waals surface area contributed by atoms with E-state index in [0.29, 0.717) is 20.6 Å². The number of phenols is 1. The Morgan fingerprint density at radius 2 is 2.00 bits per heavy atom. The minimum Gasteiger partial charge on any atom is -0.503 e. The molecule has 1 atom stereocenters. The quantitative estimate of drug-likeness (QED) is 0.573. The topological polar surface area (TPSA) is 100 Å². The Labute approximate surface area is 184 Å². The zero-order chi connectivity index (χ0) is 21.7.